The second-order valence-corrected chi connectivity index (χ2v) is 12.4. The van der Waals surface area contributed by atoms with E-state index in [2.05, 4.69) is 16.7 Å². The van der Waals surface area contributed by atoms with E-state index < -0.39 is 116 Å². The van der Waals surface area contributed by atoms with Crippen molar-refractivity contribution in [2.45, 2.75) is 68.1 Å². The predicted molar refractivity (Wildman–Crippen MR) is 119 cm³/mol. The molecule has 238 valence electrons. The number of rotatable bonds is 13. The van der Waals surface area contributed by atoms with Crippen LogP contribution in [0.4, 0.5) is 0 Å². The maximum Gasteiger partial charge on any atom is 0.397 e. The van der Waals surface area contributed by atoms with Gasteiger partial charge < -0.3 is 29.2 Å². The van der Waals surface area contributed by atoms with Crippen LogP contribution in [0.15, 0.2) is 0 Å². The van der Waals surface area contributed by atoms with Crippen molar-refractivity contribution >= 4 is 41.6 Å². The lowest BCUT2D eigenvalue weighted by Gasteiger charge is -2.47. The smallest absolute Gasteiger partial charge is 0.387 e. The summed E-state index contributed by atoms with van der Waals surface area (Å²) in [4.78, 5) is 0. The van der Waals surface area contributed by atoms with E-state index in [1.54, 1.807) is 0 Å². The number of methoxy groups -OCH3 is 1. The van der Waals surface area contributed by atoms with Crippen molar-refractivity contribution in [3.8, 4) is 0 Å². The highest BCUT2D eigenvalue weighted by Crippen LogP contribution is 2.33. The first-order chi connectivity index (χ1) is 18.0. The van der Waals surface area contributed by atoms with Crippen molar-refractivity contribution in [3.63, 3.8) is 0 Å². The molecule has 2 rings (SSSR count). The number of aliphatic hydroxyl groups excluding tert-OH is 2. The van der Waals surface area contributed by atoms with E-state index in [-0.39, 0.29) is 0 Å². The van der Waals surface area contributed by atoms with E-state index in [9.17, 15) is 48.4 Å². The Bertz CT molecular complexity index is 1270. The summed E-state index contributed by atoms with van der Waals surface area (Å²) in [7, 11) is -20.0. The van der Waals surface area contributed by atoms with Crippen LogP contribution >= 0.6 is 0 Å². The molecule has 2 fully saturated rings. The van der Waals surface area contributed by atoms with Crippen LogP contribution in [-0.4, -0.2) is 144 Å². The summed E-state index contributed by atoms with van der Waals surface area (Å²) in [6.07, 6.45) is -19.8. The van der Waals surface area contributed by atoms with Gasteiger partial charge in [0.1, 0.15) is 42.7 Å². The normalized spacial score (nSPS) is 36.4. The Labute approximate surface area is 227 Å². The molecule has 0 spiro atoms. The lowest BCUT2D eigenvalue weighted by atomic mass is 9.95. The maximum atomic E-state index is 11.4. The van der Waals surface area contributed by atoms with Gasteiger partial charge in [-0.05, 0) is 6.92 Å². The van der Waals surface area contributed by atoms with E-state index >= 15 is 0 Å². The third-order valence-electron chi connectivity index (χ3n) is 5.30. The second-order valence-electron chi connectivity index (χ2n) is 8.11. The Morgan fingerprint density at radius 2 is 1.05 bits per heavy atom. The largest absolute Gasteiger partial charge is 0.397 e. The van der Waals surface area contributed by atoms with E-state index in [4.69, 9.17) is 32.6 Å². The quantitative estimate of drug-likeness (QED) is 0.100. The summed E-state index contributed by atoms with van der Waals surface area (Å²) in [5, 5.41) is 21.5. The molecule has 0 bridgehead atoms. The molecular formula is C14H26O22S4. The first-order valence-electron chi connectivity index (χ1n) is 10.4. The number of aliphatic hydroxyl groups is 2. The van der Waals surface area contributed by atoms with Crippen LogP contribution in [0.5, 0.6) is 0 Å². The summed E-state index contributed by atoms with van der Waals surface area (Å²) in [6.45, 7) is -1.18. The Balaban J connectivity index is 2.50. The average molecular weight is 675 g/mol. The number of hydrogen-bond donors (Lipinski definition) is 6. The monoisotopic (exact) mass is 674 g/mol. The molecule has 26 heteroatoms. The van der Waals surface area contributed by atoms with Crippen LogP contribution in [0.25, 0.3) is 0 Å². The topological polar surface area (TPSA) is 332 Å². The van der Waals surface area contributed by atoms with Crippen LogP contribution < -0.4 is 0 Å². The second kappa shape index (κ2) is 13.3. The van der Waals surface area contributed by atoms with E-state index in [1.807, 2.05) is 0 Å². The Kier molecular flexibility index (Phi) is 11.7. The molecule has 0 aromatic heterocycles. The number of hydrogen-bond acceptors (Lipinski definition) is 18. The van der Waals surface area contributed by atoms with Gasteiger partial charge in [-0.3, -0.25) is 18.2 Å². The minimum absolute atomic E-state index is 0.934. The molecule has 2 aliphatic rings. The summed E-state index contributed by atoms with van der Waals surface area (Å²) >= 11 is 0. The maximum absolute atomic E-state index is 11.4. The average Bonchev–Trinajstić information content (AvgIpc) is 2.75. The predicted octanol–water partition coefficient (Wildman–Crippen LogP) is -4.36. The van der Waals surface area contributed by atoms with Crippen LogP contribution in [0.1, 0.15) is 6.92 Å². The fraction of sp³-hybridized carbons (Fsp3) is 1.00. The van der Waals surface area contributed by atoms with Crippen LogP contribution in [0.2, 0.25) is 0 Å². The standard InChI is InChI=1S/C14H26O22S4/c1-5-10(35-39(23,24)25)8(15)12(7(32-5)4-31-38(20,21)22)34-14-13(36-40(26,27)28)9(16)11(29-2)6(33-14)3-30-37(17,18)19/h5-16H,3-4H2,1-2H3,(H,17,18,19)(H,20,21,22)(H,23,24,25)(H,26,27,28)/t5-,6?,7?,8?,9-,10?,11+,12+,13?,14-/m0/s1. The van der Waals surface area contributed by atoms with Gasteiger partial charge in [0.05, 0.1) is 19.3 Å². The highest BCUT2D eigenvalue weighted by molar-refractivity contribution is 7.81. The fourth-order valence-corrected chi connectivity index (χ4v) is 5.48. The third kappa shape index (κ3) is 10.8. The van der Waals surface area contributed by atoms with E-state index in [0.29, 0.717) is 0 Å². The van der Waals surface area contributed by atoms with Crippen molar-refractivity contribution in [2.75, 3.05) is 20.3 Å². The van der Waals surface area contributed by atoms with E-state index in [1.165, 1.54) is 0 Å². The fourth-order valence-electron chi connectivity index (χ4n) is 3.83. The van der Waals surface area contributed by atoms with Crippen LogP contribution in [0.3, 0.4) is 0 Å². The lowest BCUT2D eigenvalue weighted by Crippen LogP contribution is -2.65. The first kappa shape index (κ1) is 35.4. The molecule has 40 heavy (non-hydrogen) atoms. The van der Waals surface area contributed by atoms with Gasteiger partial charge >= 0.3 is 41.6 Å². The zero-order valence-corrected chi connectivity index (χ0v) is 23.3. The van der Waals surface area contributed by atoms with Crippen LogP contribution in [0, 0.1) is 0 Å². The van der Waals surface area contributed by atoms with Gasteiger partial charge in [0.2, 0.25) is 0 Å². The number of ether oxygens (including phenoxy) is 4. The molecule has 0 aromatic rings. The highest BCUT2D eigenvalue weighted by Gasteiger charge is 2.54. The molecule has 2 aliphatic heterocycles. The van der Waals surface area contributed by atoms with E-state index in [0.717, 1.165) is 14.0 Å². The SMILES string of the molecule is CO[C@@H]1C(COS(=O)(=O)O)O[C@@H](O[C@@H]2C(COS(=O)(=O)O)O[C@@H](C)C(OS(=O)(=O)O)C2O)C(OS(=O)(=O)O)[C@H]1O. The molecule has 2 heterocycles. The third-order valence-corrected chi connectivity index (χ3v) is 7.10. The van der Waals surface area contributed by atoms with Gasteiger partial charge in [-0.1, -0.05) is 0 Å². The van der Waals surface area contributed by atoms with Crippen molar-refractivity contribution in [1.29, 1.82) is 0 Å². The molecule has 10 atom stereocenters. The lowest BCUT2D eigenvalue weighted by molar-refractivity contribution is -0.337. The molecule has 0 amide bonds. The zero-order valence-electron chi connectivity index (χ0n) is 20.0. The molecule has 0 aromatic carbocycles. The Morgan fingerprint density at radius 1 is 0.625 bits per heavy atom. The van der Waals surface area contributed by atoms with Gasteiger partial charge in [-0.25, -0.2) is 16.7 Å². The Hall–Kier alpha value is -0.760. The van der Waals surface area contributed by atoms with Gasteiger partial charge in [-0.15, -0.1) is 0 Å². The molecule has 2 saturated heterocycles. The zero-order chi connectivity index (χ0) is 30.8. The van der Waals surface area contributed by atoms with Crippen molar-refractivity contribution in [3.05, 3.63) is 0 Å². The Morgan fingerprint density at radius 3 is 1.48 bits per heavy atom. The van der Waals surface area contributed by atoms with Gasteiger partial charge in [0, 0.05) is 7.11 Å². The summed E-state index contributed by atoms with van der Waals surface area (Å²) in [5.74, 6) is 0. The summed E-state index contributed by atoms with van der Waals surface area (Å²) < 4.78 is 164. The first-order valence-corrected chi connectivity index (χ1v) is 15.9. The minimum atomic E-state index is -5.43. The molecule has 22 nitrogen and oxygen atoms in total. The summed E-state index contributed by atoms with van der Waals surface area (Å²) in [6, 6.07) is 0. The van der Waals surface area contributed by atoms with Gasteiger partial charge in [0.25, 0.3) is 0 Å². The molecule has 6 N–H and O–H groups in total. The molecule has 5 unspecified atom stereocenters. The van der Waals surface area contributed by atoms with Crippen molar-refractivity contribution < 1.29 is 97.8 Å². The van der Waals surface area contributed by atoms with Gasteiger partial charge in [0.15, 0.2) is 12.4 Å². The molecule has 0 saturated carbocycles. The summed E-state index contributed by atoms with van der Waals surface area (Å²) in [5.41, 5.74) is 0. The van der Waals surface area contributed by atoms with Crippen molar-refractivity contribution in [2.24, 2.45) is 0 Å². The van der Waals surface area contributed by atoms with Crippen LogP contribution in [-0.2, 0) is 77.3 Å². The molecule has 0 aliphatic carbocycles. The van der Waals surface area contributed by atoms with Gasteiger partial charge in [-0.2, -0.15) is 33.7 Å². The van der Waals surface area contributed by atoms with Crippen molar-refractivity contribution in [1.82, 2.24) is 0 Å². The molecular weight excluding hydrogens is 648 g/mol. The minimum Gasteiger partial charge on any atom is -0.387 e. The molecule has 0 radical (unpaired) electrons. The highest BCUT2D eigenvalue weighted by atomic mass is 32.3.